The molecule has 2 unspecified atom stereocenters. The van der Waals surface area contributed by atoms with Crippen LogP contribution in [0.1, 0.15) is 36.9 Å². The molecule has 1 heterocycles. The van der Waals surface area contributed by atoms with Crippen molar-refractivity contribution in [2.24, 2.45) is 0 Å². The maximum atomic E-state index is 13.8. The summed E-state index contributed by atoms with van der Waals surface area (Å²) < 4.78 is 13.8. The zero-order valence-corrected chi connectivity index (χ0v) is 11.9. The summed E-state index contributed by atoms with van der Waals surface area (Å²) in [5, 5.41) is 13.0. The van der Waals surface area contributed by atoms with Crippen LogP contribution in [0.15, 0.2) is 12.1 Å². The average molecular weight is 266 g/mol. The first-order chi connectivity index (χ1) is 9.02. The van der Waals surface area contributed by atoms with Crippen molar-refractivity contribution < 1.29 is 9.50 Å². The Bertz CT molecular complexity index is 450. The SMILES string of the molecule is CNC(C)c1cc(F)c(C)cc1N1CCCC(O)C1. The van der Waals surface area contributed by atoms with Gasteiger partial charge in [0.05, 0.1) is 6.10 Å². The molecular weight excluding hydrogens is 243 g/mol. The molecule has 106 valence electrons. The van der Waals surface area contributed by atoms with Crippen LogP contribution in [0.3, 0.4) is 0 Å². The molecule has 0 radical (unpaired) electrons. The van der Waals surface area contributed by atoms with Crippen LogP contribution in [0.5, 0.6) is 0 Å². The largest absolute Gasteiger partial charge is 0.391 e. The molecule has 19 heavy (non-hydrogen) atoms. The lowest BCUT2D eigenvalue weighted by atomic mass is 9.99. The van der Waals surface area contributed by atoms with Gasteiger partial charge < -0.3 is 15.3 Å². The molecule has 2 atom stereocenters. The minimum Gasteiger partial charge on any atom is -0.391 e. The lowest BCUT2D eigenvalue weighted by Crippen LogP contribution is -2.39. The Morgan fingerprint density at radius 2 is 2.21 bits per heavy atom. The van der Waals surface area contributed by atoms with Gasteiger partial charge in [0.25, 0.3) is 0 Å². The molecule has 0 bridgehead atoms. The number of aliphatic hydroxyl groups is 1. The average Bonchev–Trinajstić information content (AvgIpc) is 2.40. The molecule has 1 aliphatic rings. The van der Waals surface area contributed by atoms with Gasteiger partial charge in [0.15, 0.2) is 0 Å². The Balaban J connectivity index is 2.39. The second-order valence-corrected chi connectivity index (χ2v) is 5.41. The fraction of sp³-hybridized carbons (Fsp3) is 0.600. The lowest BCUT2D eigenvalue weighted by Gasteiger charge is -2.34. The lowest BCUT2D eigenvalue weighted by molar-refractivity contribution is 0.154. The highest BCUT2D eigenvalue weighted by Crippen LogP contribution is 2.31. The van der Waals surface area contributed by atoms with E-state index in [0.717, 1.165) is 30.6 Å². The predicted octanol–water partition coefficient (Wildman–Crippen LogP) is 2.38. The van der Waals surface area contributed by atoms with E-state index in [1.165, 1.54) is 0 Å². The van der Waals surface area contributed by atoms with Crippen LogP contribution >= 0.6 is 0 Å². The zero-order chi connectivity index (χ0) is 14.0. The van der Waals surface area contributed by atoms with Crippen molar-refractivity contribution in [3.8, 4) is 0 Å². The Hall–Kier alpha value is -1.13. The zero-order valence-electron chi connectivity index (χ0n) is 11.9. The molecule has 0 aliphatic carbocycles. The summed E-state index contributed by atoms with van der Waals surface area (Å²) in [4.78, 5) is 2.17. The Morgan fingerprint density at radius 1 is 1.47 bits per heavy atom. The number of halogens is 1. The Morgan fingerprint density at radius 3 is 2.84 bits per heavy atom. The monoisotopic (exact) mass is 266 g/mol. The van der Waals surface area contributed by atoms with E-state index in [1.54, 1.807) is 13.0 Å². The van der Waals surface area contributed by atoms with Gasteiger partial charge in [-0.2, -0.15) is 0 Å². The summed E-state index contributed by atoms with van der Waals surface area (Å²) in [5.41, 5.74) is 2.65. The third kappa shape index (κ3) is 3.07. The van der Waals surface area contributed by atoms with Crippen molar-refractivity contribution in [1.82, 2.24) is 5.32 Å². The van der Waals surface area contributed by atoms with Gasteiger partial charge in [0, 0.05) is 24.8 Å². The maximum absolute atomic E-state index is 13.8. The van der Waals surface area contributed by atoms with Crippen molar-refractivity contribution >= 4 is 5.69 Å². The molecule has 2 N–H and O–H groups in total. The quantitative estimate of drug-likeness (QED) is 0.881. The highest BCUT2D eigenvalue weighted by Gasteiger charge is 2.22. The van der Waals surface area contributed by atoms with Crippen LogP contribution in [-0.4, -0.2) is 31.3 Å². The van der Waals surface area contributed by atoms with Crippen molar-refractivity contribution in [3.63, 3.8) is 0 Å². The van der Waals surface area contributed by atoms with Crippen LogP contribution in [0.4, 0.5) is 10.1 Å². The molecule has 0 amide bonds. The highest BCUT2D eigenvalue weighted by atomic mass is 19.1. The van der Waals surface area contributed by atoms with E-state index in [2.05, 4.69) is 10.2 Å². The molecule has 2 rings (SSSR count). The number of anilines is 1. The minimum absolute atomic E-state index is 0.0872. The predicted molar refractivity (Wildman–Crippen MR) is 76.1 cm³/mol. The van der Waals surface area contributed by atoms with E-state index in [0.29, 0.717) is 12.1 Å². The van der Waals surface area contributed by atoms with E-state index in [1.807, 2.05) is 20.0 Å². The number of aryl methyl sites for hydroxylation is 1. The minimum atomic E-state index is -0.281. The molecule has 0 aromatic heterocycles. The summed E-state index contributed by atoms with van der Waals surface area (Å²) in [6.07, 6.45) is 1.55. The fourth-order valence-corrected chi connectivity index (χ4v) is 2.63. The van der Waals surface area contributed by atoms with Crippen LogP contribution in [0.2, 0.25) is 0 Å². The molecule has 0 saturated carbocycles. The highest BCUT2D eigenvalue weighted by molar-refractivity contribution is 5.57. The first kappa shape index (κ1) is 14.3. The second-order valence-electron chi connectivity index (χ2n) is 5.41. The number of piperidine rings is 1. The number of hydrogen-bond donors (Lipinski definition) is 2. The van der Waals surface area contributed by atoms with Crippen molar-refractivity contribution in [2.45, 2.75) is 38.8 Å². The van der Waals surface area contributed by atoms with Gasteiger partial charge in [0.1, 0.15) is 5.82 Å². The Labute approximate surface area is 114 Å². The van der Waals surface area contributed by atoms with E-state index in [4.69, 9.17) is 0 Å². The molecule has 1 saturated heterocycles. The number of nitrogens with one attached hydrogen (secondary N) is 1. The van der Waals surface area contributed by atoms with Gasteiger partial charge in [-0.1, -0.05) is 0 Å². The smallest absolute Gasteiger partial charge is 0.126 e. The topological polar surface area (TPSA) is 35.5 Å². The summed E-state index contributed by atoms with van der Waals surface area (Å²) >= 11 is 0. The number of nitrogens with zero attached hydrogens (tertiary/aromatic N) is 1. The summed E-state index contributed by atoms with van der Waals surface area (Å²) in [7, 11) is 1.87. The first-order valence-electron chi connectivity index (χ1n) is 6.93. The second kappa shape index (κ2) is 5.88. The van der Waals surface area contributed by atoms with Crippen LogP contribution in [0.25, 0.3) is 0 Å². The van der Waals surface area contributed by atoms with Gasteiger partial charge in [-0.3, -0.25) is 0 Å². The van der Waals surface area contributed by atoms with Crippen molar-refractivity contribution in [3.05, 3.63) is 29.1 Å². The van der Waals surface area contributed by atoms with Gasteiger partial charge in [-0.15, -0.1) is 0 Å². The molecule has 1 aliphatic heterocycles. The molecule has 4 heteroatoms. The van der Waals surface area contributed by atoms with Gasteiger partial charge in [-0.25, -0.2) is 4.39 Å². The number of β-amino-alcohol motifs (C(OH)–C–C–N with tert-alkyl or cyclic N) is 1. The van der Waals surface area contributed by atoms with Gasteiger partial charge in [0.2, 0.25) is 0 Å². The van der Waals surface area contributed by atoms with E-state index >= 15 is 0 Å². The molecule has 3 nitrogen and oxygen atoms in total. The number of rotatable bonds is 3. The molecule has 0 spiro atoms. The maximum Gasteiger partial charge on any atom is 0.126 e. The van der Waals surface area contributed by atoms with E-state index < -0.39 is 0 Å². The van der Waals surface area contributed by atoms with Crippen LogP contribution in [-0.2, 0) is 0 Å². The fourth-order valence-electron chi connectivity index (χ4n) is 2.63. The molecule has 1 fully saturated rings. The summed E-state index contributed by atoms with van der Waals surface area (Å²) in [6, 6.07) is 3.60. The van der Waals surface area contributed by atoms with E-state index in [-0.39, 0.29) is 18.0 Å². The van der Waals surface area contributed by atoms with Crippen molar-refractivity contribution in [2.75, 3.05) is 25.0 Å². The van der Waals surface area contributed by atoms with Gasteiger partial charge >= 0.3 is 0 Å². The first-order valence-corrected chi connectivity index (χ1v) is 6.93. The number of benzene rings is 1. The third-order valence-corrected chi connectivity index (χ3v) is 3.94. The number of hydrogen-bond acceptors (Lipinski definition) is 3. The number of aliphatic hydroxyl groups excluding tert-OH is 1. The Kier molecular flexibility index (Phi) is 4.42. The van der Waals surface area contributed by atoms with Gasteiger partial charge in [-0.05, 0) is 57.0 Å². The standard InChI is InChI=1S/C15H23FN2O/c1-10-7-15(18-6-4-5-12(19)9-18)13(8-14(10)16)11(2)17-3/h7-8,11-12,17,19H,4-6,9H2,1-3H3. The molecular formula is C15H23FN2O. The summed E-state index contributed by atoms with van der Waals surface area (Å²) in [6.45, 7) is 5.36. The third-order valence-electron chi connectivity index (χ3n) is 3.94. The molecule has 1 aromatic carbocycles. The van der Waals surface area contributed by atoms with Crippen molar-refractivity contribution in [1.29, 1.82) is 0 Å². The summed E-state index contributed by atoms with van der Waals surface area (Å²) in [5.74, 6) is -0.168. The molecule has 1 aromatic rings. The van der Waals surface area contributed by atoms with Crippen LogP contribution < -0.4 is 10.2 Å². The van der Waals surface area contributed by atoms with Crippen LogP contribution in [0, 0.1) is 12.7 Å². The normalized spacial score (nSPS) is 21.5. The van der Waals surface area contributed by atoms with E-state index in [9.17, 15) is 9.50 Å².